The van der Waals surface area contributed by atoms with Crippen LogP contribution in [0.25, 0.3) is 0 Å². The SMILES string of the molecule is CCc1ccccc1C(CN)Nc1ccc(C)cc1. The molecule has 19 heavy (non-hydrogen) atoms. The first-order chi connectivity index (χ1) is 9.24. The van der Waals surface area contributed by atoms with Crippen molar-refractivity contribution in [2.45, 2.75) is 26.3 Å². The standard InChI is InChI=1S/C17H22N2/c1-3-14-6-4-5-7-16(14)17(12-18)19-15-10-8-13(2)9-11-15/h4-11,17,19H,3,12,18H2,1-2H3. The summed E-state index contributed by atoms with van der Waals surface area (Å²) in [5.41, 5.74) is 11.0. The lowest BCUT2D eigenvalue weighted by Gasteiger charge is -2.21. The lowest BCUT2D eigenvalue weighted by atomic mass is 9.98. The summed E-state index contributed by atoms with van der Waals surface area (Å²) in [7, 11) is 0. The van der Waals surface area contributed by atoms with Gasteiger partial charge in [-0.25, -0.2) is 0 Å². The van der Waals surface area contributed by atoms with Gasteiger partial charge in [-0.3, -0.25) is 0 Å². The fourth-order valence-electron chi connectivity index (χ4n) is 2.31. The van der Waals surface area contributed by atoms with E-state index in [-0.39, 0.29) is 6.04 Å². The Kier molecular flexibility index (Phi) is 4.58. The van der Waals surface area contributed by atoms with E-state index < -0.39 is 0 Å². The van der Waals surface area contributed by atoms with E-state index in [1.165, 1.54) is 16.7 Å². The van der Waals surface area contributed by atoms with Crippen molar-refractivity contribution in [2.75, 3.05) is 11.9 Å². The smallest absolute Gasteiger partial charge is 0.0638 e. The van der Waals surface area contributed by atoms with Crippen molar-refractivity contribution >= 4 is 5.69 Å². The predicted octanol–water partition coefficient (Wildman–Crippen LogP) is 3.67. The van der Waals surface area contributed by atoms with Gasteiger partial charge >= 0.3 is 0 Å². The maximum Gasteiger partial charge on any atom is 0.0638 e. The van der Waals surface area contributed by atoms with Crippen LogP contribution in [-0.4, -0.2) is 6.54 Å². The molecule has 1 unspecified atom stereocenters. The first-order valence-corrected chi connectivity index (χ1v) is 6.85. The normalized spacial score (nSPS) is 12.2. The molecule has 0 aromatic heterocycles. The molecule has 0 amide bonds. The third-order valence-electron chi connectivity index (χ3n) is 3.44. The molecule has 0 aliphatic heterocycles. The van der Waals surface area contributed by atoms with Crippen molar-refractivity contribution in [3.63, 3.8) is 0 Å². The van der Waals surface area contributed by atoms with Gasteiger partial charge < -0.3 is 11.1 Å². The summed E-state index contributed by atoms with van der Waals surface area (Å²) in [5.74, 6) is 0. The van der Waals surface area contributed by atoms with Gasteiger partial charge in [0.25, 0.3) is 0 Å². The summed E-state index contributed by atoms with van der Waals surface area (Å²) in [6, 6.07) is 17.1. The zero-order valence-corrected chi connectivity index (χ0v) is 11.7. The van der Waals surface area contributed by atoms with Crippen molar-refractivity contribution in [3.05, 3.63) is 65.2 Å². The minimum absolute atomic E-state index is 0.166. The average Bonchev–Trinajstić information content (AvgIpc) is 2.46. The zero-order chi connectivity index (χ0) is 13.7. The van der Waals surface area contributed by atoms with E-state index in [9.17, 15) is 0 Å². The van der Waals surface area contributed by atoms with Gasteiger partial charge in [-0.05, 0) is 36.6 Å². The maximum atomic E-state index is 5.94. The van der Waals surface area contributed by atoms with Crippen molar-refractivity contribution < 1.29 is 0 Å². The number of anilines is 1. The minimum atomic E-state index is 0.166. The molecule has 0 aliphatic carbocycles. The van der Waals surface area contributed by atoms with Crippen LogP contribution in [0.1, 0.15) is 29.7 Å². The molecule has 0 aliphatic rings. The Labute approximate surface area is 115 Å². The minimum Gasteiger partial charge on any atom is -0.377 e. The maximum absolute atomic E-state index is 5.94. The highest BCUT2D eigenvalue weighted by Crippen LogP contribution is 2.22. The van der Waals surface area contributed by atoms with Crippen LogP contribution in [0.5, 0.6) is 0 Å². The van der Waals surface area contributed by atoms with E-state index in [0.717, 1.165) is 12.1 Å². The van der Waals surface area contributed by atoms with Crippen molar-refractivity contribution in [2.24, 2.45) is 5.73 Å². The Morgan fingerprint density at radius 1 is 1.05 bits per heavy atom. The highest BCUT2D eigenvalue weighted by atomic mass is 14.9. The molecule has 0 heterocycles. The second-order valence-electron chi connectivity index (χ2n) is 4.85. The van der Waals surface area contributed by atoms with E-state index in [0.29, 0.717) is 6.54 Å². The molecule has 2 rings (SSSR count). The molecule has 0 radical (unpaired) electrons. The molecule has 3 N–H and O–H groups in total. The summed E-state index contributed by atoms with van der Waals surface area (Å²) in [6.45, 7) is 4.86. The van der Waals surface area contributed by atoms with Crippen molar-refractivity contribution in [1.29, 1.82) is 0 Å². The summed E-state index contributed by atoms with van der Waals surface area (Å²) >= 11 is 0. The van der Waals surface area contributed by atoms with Gasteiger partial charge in [-0.2, -0.15) is 0 Å². The van der Waals surface area contributed by atoms with Gasteiger partial charge in [0, 0.05) is 12.2 Å². The molecule has 2 aromatic carbocycles. The van der Waals surface area contributed by atoms with E-state index >= 15 is 0 Å². The van der Waals surface area contributed by atoms with E-state index in [4.69, 9.17) is 5.73 Å². The monoisotopic (exact) mass is 254 g/mol. The Hall–Kier alpha value is -1.80. The second-order valence-corrected chi connectivity index (χ2v) is 4.85. The molecule has 2 aromatic rings. The van der Waals surface area contributed by atoms with Gasteiger partial charge in [0.2, 0.25) is 0 Å². The number of benzene rings is 2. The van der Waals surface area contributed by atoms with Crippen LogP contribution in [-0.2, 0) is 6.42 Å². The molecular formula is C17H22N2. The Balaban J connectivity index is 2.22. The van der Waals surface area contributed by atoms with Crippen LogP contribution in [0, 0.1) is 6.92 Å². The molecule has 0 fully saturated rings. The second kappa shape index (κ2) is 6.39. The van der Waals surface area contributed by atoms with Crippen LogP contribution in [0.2, 0.25) is 0 Å². The number of hydrogen-bond donors (Lipinski definition) is 2. The molecule has 0 saturated heterocycles. The van der Waals surface area contributed by atoms with E-state index in [1.807, 2.05) is 0 Å². The van der Waals surface area contributed by atoms with Gasteiger partial charge in [0.1, 0.15) is 0 Å². The molecule has 100 valence electrons. The van der Waals surface area contributed by atoms with Gasteiger partial charge in [0.15, 0.2) is 0 Å². The van der Waals surface area contributed by atoms with E-state index in [2.05, 4.69) is 67.7 Å². The Morgan fingerprint density at radius 3 is 2.37 bits per heavy atom. The quantitative estimate of drug-likeness (QED) is 0.854. The van der Waals surface area contributed by atoms with Crippen LogP contribution >= 0.6 is 0 Å². The van der Waals surface area contributed by atoms with Crippen molar-refractivity contribution in [1.82, 2.24) is 0 Å². The first-order valence-electron chi connectivity index (χ1n) is 6.85. The summed E-state index contributed by atoms with van der Waals surface area (Å²) < 4.78 is 0. The number of rotatable bonds is 5. The lowest BCUT2D eigenvalue weighted by Crippen LogP contribution is -2.21. The molecule has 0 saturated carbocycles. The third kappa shape index (κ3) is 3.36. The van der Waals surface area contributed by atoms with E-state index in [1.54, 1.807) is 0 Å². The topological polar surface area (TPSA) is 38.0 Å². The van der Waals surface area contributed by atoms with Crippen LogP contribution in [0.4, 0.5) is 5.69 Å². The first kappa shape index (κ1) is 13.6. The van der Waals surface area contributed by atoms with Gasteiger partial charge in [0.05, 0.1) is 6.04 Å². The van der Waals surface area contributed by atoms with Gasteiger partial charge in [-0.1, -0.05) is 48.9 Å². The fraction of sp³-hybridized carbons (Fsp3) is 0.294. The molecule has 0 bridgehead atoms. The lowest BCUT2D eigenvalue weighted by molar-refractivity contribution is 0.777. The Morgan fingerprint density at radius 2 is 1.74 bits per heavy atom. The number of hydrogen-bond acceptors (Lipinski definition) is 2. The number of nitrogens with one attached hydrogen (secondary N) is 1. The van der Waals surface area contributed by atoms with Gasteiger partial charge in [-0.15, -0.1) is 0 Å². The summed E-state index contributed by atoms with van der Waals surface area (Å²) in [6.07, 6.45) is 1.03. The molecule has 1 atom stereocenters. The van der Waals surface area contributed by atoms with Crippen LogP contribution < -0.4 is 11.1 Å². The van der Waals surface area contributed by atoms with Crippen LogP contribution in [0.3, 0.4) is 0 Å². The Bertz CT molecular complexity index is 517. The molecule has 2 nitrogen and oxygen atoms in total. The van der Waals surface area contributed by atoms with Crippen LogP contribution in [0.15, 0.2) is 48.5 Å². The number of nitrogens with two attached hydrogens (primary N) is 1. The third-order valence-corrected chi connectivity index (χ3v) is 3.44. The fourth-order valence-corrected chi connectivity index (χ4v) is 2.31. The molecule has 2 heteroatoms. The molecule has 0 spiro atoms. The van der Waals surface area contributed by atoms with Crippen molar-refractivity contribution in [3.8, 4) is 0 Å². The number of aryl methyl sites for hydroxylation is 2. The summed E-state index contributed by atoms with van der Waals surface area (Å²) in [5, 5.41) is 3.52. The largest absolute Gasteiger partial charge is 0.377 e. The zero-order valence-electron chi connectivity index (χ0n) is 11.7. The average molecular weight is 254 g/mol. The highest BCUT2D eigenvalue weighted by Gasteiger charge is 2.12. The highest BCUT2D eigenvalue weighted by molar-refractivity contribution is 5.47. The molecular weight excluding hydrogens is 232 g/mol. The summed E-state index contributed by atoms with van der Waals surface area (Å²) in [4.78, 5) is 0. The predicted molar refractivity (Wildman–Crippen MR) is 82.4 cm³/mol.